The van der Waals surface area contributed by atoms with Gasteiger partial charge in [-0.15, -0.1) is 0 Å². The van der Waals surface area contributed by atoms with Crippen molar-refractivity contribution in [2.24, 2.45) is 5.92 Å². The number of ether oxygens (including phenoxy) is 2. The highest BCUT2D eigenvalue weighted by Gasteiger charge is 2.12. The van der Waals surface area contributed by atoms with Crippen LogP contribution < -0.4 is 5.32 Å². The molecule has 0 fully saturated rings. The Morgan fingerprint density at radius 1 is 0.955 bits per heavy atom. The number of alkyl carbamates (subject to hydrolysis) is 1. The summed E-state index contributed by atoms with van der Waals surface area (Å²) in [6.45, 7) is 10.9. The lowest BCUT2D eigenvalue weighted by atomic mass is 10.1. The van der Waals surface area contributed by atoms with Crippen LogP contribution in [-0.2, 0) is 14.3 Å². The molecule has 0 aliphatic carbocycles. The monoisotopic (exact) mass is 317 g/mol. The molecule has 1 atom stereocenters. The first-order chi connectivity index (χ1) is 10.6. The van der Waals surface area contributed by atoms with Gasteiger partial charge in [-0.1, -0.05) is 60.3 Å². The van der Waals surface area contributed by atoms with Crippen molar-refractivity contribution in [3.8, 4) is 0 Å². The Morgan fingerprint density at radius 2 is 1.64 bits per heavy atom. The Bertz CT molecular complexity index is 269. The first-order valence-corrected chi connectivity index (χ1v) is 8.69. The summed E-state index contributed by atoms with van der Waals surface area (Å²) in [4.78, 5) is 22.8. The van der Waals surface area contributed by atoms with Crippen LogP contribution in [0.3, 0.4) is 0 Å². The molecular formula is C17H35NO4. The normalized spacial score (nSPS) is 11.0. The van der Waals surface area contributed by atoms with Gasteiger partial charge in [-0.2, -0.15) is 0 Å². The molecule has 0 aromatic heterocycles. The number of carbonyl (C=O) groups excluding carboxylic acids is 2. The fourth-order valence-corrected chi connectivity index (χ4v) is 1.74. The minimum absolute atomic E-state index is 0.0782. The summed E-state index contributed by atoms with van der Waals surface area (Å²) in [5, 5.41) is 2.56. The summed E-state index contributed by atoms with van der Waals surface area (Å²) >= 11 is 0. The molecule has 1 N–H and O–H groups in total. The Hall–Kier alpha value is -1.26. The fraction of sp³-hybridized carbons (Fsp3) is 0.882. The fourth-order valence-electron chi connectivity index (χ4n) is 1.74. The standard InChI is InChI=1S/C15H29NO4.C2H6/c1-4-6-7-8-11-20-15(18)16-10-12-19-14(17)13(3)9-5-2;1-2/h13H,4-12H2,1-3H3,(H,16,18);1-2H3. The second-order valence-corrected chi connectivity index (χ2v) is 4.98. The van der Waals surface area contributed by atoms with Crippen LogP contribution in [-0.4, -0.2) is 31.8 Å². The maximum absolute atomic E-state index is 11.5. The molecule has 0 aliphatic heterocycles. The van der Waals surface area contributed by atoms with E-state index in [0.29, 0.717) is 13.2 Å². The van der Waals surface area contributed by atoms with E-state index in [1.165, 1.54) is 0 Å². The van der Waals surface area contributed by atoms with Crippen molar-refractivity contribution in [1.82, 2.24) is 5.32 Å². The maximum atomic E-state index is 11.5. The third-order valence-corrected chi connectivity index (χ3v) is 2.97. The minimum Gasteiger partial charge on any atom is -0.464 e. The molecule has 0 saturated heterocycles. The van der Waals surface area contributed by atoms with Gasteiger partial charge in [-0.25, -0.2) is 4.79 Å². The van der Waals surface area contributed by atoms with Gasteiger partial charge in [0, 0.05) is 0 Å². The van der Waals surface area contributed by atoms with Crippen LogP contribution in [0.15, 0.2) is 0 Å². The van der Waals surface area contributed by atoms with Crippen molar-refractivity contribution in [2.75, 3.05) is 19.8 Å². The number of hydrogen-bond acceptors (Lipinski definition) is 4. The van der Waals surface area contributed by atoms with Crippen LogP contribution in [0.1, 0.15) is 73.1 Å². The highest BCUT2D eigenvalue weighted by atomic mass is 16.6. The maximum Gasteiger partial charge on any atom is 0.407 e. The zero-order valence-electron chi connectivity index (χ0n) is 15.1. The van der Waals surface area contributed by atoms with E-state index in [0.717, 1.165) is 38.5 Å². The van der Waals surface area contributed by atoms with Gasteiger partial charge in [0.15, 0.2) is 0 Å². The molecule has 5 nitrogen and oxygen atoms in total. The molecule has 132 valence electrons. The zero-order valence-corrected chi connectivity index (χ0v) is 15.1. The van der Waals surface area contributed by atoms with Crippen LogP contribution in [0.5, 0.6) is 0 Å². The molecule has 0 aliphatic rings. The van der Waals surface area contributed by atoms with Gasteiger partial charge in [0.2, 0.25) is 0 Å². The van der Waals surface area contributed by atoms with Gasteiger partial charge in [0.1, 0.15) is 6.61 Å². The molecule has 1 amide bonds. The van der Waals surface area contributed by atoms with E-state index >= 15 is 0 Å². The molecule has 0 radical (unpaired) electrons. The first kappa shape index (κ1) is 23.0. The van der Waals surface area contributed by atoms with Crippen molar-refractivity contribution in [2.45, 2.75) is 73.1 Å². The van der Waals surface area contributed by atoms with Crippen LogP contribution in [0.4, 0.5) is 4.79 Å². The molecule has 0 aromatic rings. The number of nitrogens with one attached hydrogen (secondary N) is 1. The van der Waals surface area contributed by atoms with E-state index in [1.54, 1.807) is 0 Å². The van der Waals surface area contributed by atoms with Crippen LogP contribution in [0, 0.1) is 5.92 Å². The quantitative estimate of drug-likeness (QED) is 0.456. The van der Waals surface area contributed by atoms with E-state index in [9.17, 15) is 9.59 Å². The largest absolute Gasteiger partial charge is 0.464 e. The van der Waals surface area contributed by atoms with Gasteiger partial charge >= 0.3 is 12.1 Å². The lowest BCUT2D eigenvalue weighted by Gasteiger charge is -2.11. The van der Waals surface area contributed by atoms with E-state index in [1.807, 2.05) is 27.7 Å². The second kappa shape index (κ2) is 17.8. The minimum atomic E-state index is -0.445. The molecule has 0 aromatic carbocycles. The average Bonchev–Trinajstić information content (AvgIpc) is 2.53. The van der Waals surface area contributed by atoms with E-state index in [2.05, 4.69) is 12.2 Å². The summed E-state index contributed by atoms with van der Waals surface area (Å²) < 4.78 is 10.0. The number of carbonyl (C=O) groups is 2. The summed E-state index contributed by atoms with van der Waals surface area (Å²) in [5.41, 5.74) is 0. The molecule has 0 bridgehead atoms. The number of esters is 1. The van der Waals surface area contributed by atoms with Crippen molar-refractivity contribution >= 4 is 12.1 Å². The molecule has 22 heavy (non-hydrogen) atoms. The van der Waals surface area contributed by atoms with E-state index in [4.69, 9.17) is 9.47 Å². The van der Waals surface area contributed by atoms with Gasteiger partial charge in [0.25, 0.3) is 0 Å². The Balaban J connectivity index is 0. The number of unbranched alkanes of at least 4 members (excludes halogenated alkanes) is 3. The molecule has 1 unspecified atom stereocenters. The van der Waals surface area contributed by atoms with Gasteiger partial charge in [-0.05, 0) is 12.8 Å². The molecule has 0 spiro atoms. The summed E-state index contributed by atoms with van der Waals surface area (Å²) in [6.07, 6.45) is 5.64. The topological polar surface area (TPSA) is 64.6 Å². The number of amides is 1. The molecule has 5 heteroatoms. The molecular weight excluding hydrogens is 282 g/mol. The summed E-state index contributed by atoms with van der Waals surface area (Å²) in [7, 11) is 0. The number of rotatable bonds is 11. The zero-order chi connectivity index (χ0) is 17.2. The number of hydrogen-bond donors (Lipinski definition) is 1. The Labute approximate surface area is 136 Å². The van der Waals surface area contributed by atoms with Gasteiger partial charge in [-0.3, -0.25) is 4.79 Å². The van der Waals surface area contributed by atoms with E-state index in [-0.39, 0.29) is 18.5 Å². The lowest BCUT2D eigenvalue weighted by Crippen LogP contribution is -2.29. The first-order valence-electron chi connectivity index (χ1n) is 8.69. The van der Waals surface area contributed by atoms with Crippen molar-refractivity contribution in [3.05, 3.63) is 0 Å². The second-order valence-electron chi connectivity index (χ2n) is 4.98. The molecule has 0 heterocycles. The van der Waals surface area contributed by atoms with Crippen molar-refractivity contribution in [3.63, 3.8) is 0 Å². The van der Waals surface area contributed by atoms with E-state index < -0.39 is 6.09 Å². The molecule has 0 saturated carbocycles. The third kappa shape index (κ3) is 15.1. The average molecular weight is 317 g/mol. The third-order valence-electron chi connectivity index (χ3n) is 2.97. The van der Waals surface area contributed by atoms with Gasteiger partial charge in [0.05, 0.1) is 19.1 Å². The summed E-state index contributed by atoms with van der Waals surface area (Å²) in [5.74, 6) is -0.285. The summed E-state index contributed by atoms with van der Waals surface area (Å²) in [6, 6.07) is 0. The lowest BCUT2D eigenvalue weighted by molar-refractivity contribution is -0.148. The highest BCUT2D eigenvalue weighted by Crippen LogP contribution is 2.06. The van der Waals surface area contributed by atoms with Crippen LogP contribution in [0.2, 0.25) is 0 Å². The van der Waals surface area contributed by atoms with Crippen LogP contribution in [0.25, 0.3) is 0 Å². The Morgan fingerprint density at radius 3 is 2.23 bits per heavy atom. The Kier molecular flexibility index (Phi) is 18.6. The van der Waals surface area contributed by atoms with Crippen LogP contribution >= 0.6 is 0 Å². The van der Waals surface area contributed by atoms with Crippen molar-refractivity contribution in [1.29, 1.82) is 0 Å². The molecule has 0 rings (SSSR count). The predicted octanol–water partition coefficient (Wildman–Crippen LogP) is 4.30. The highest BCUT2D eigenvalue weighted by molar-refractivity contribution is 5.72. The predicted molar refractivity (Wildman–Crippen MR) is 89.9 cm³/mol. The smallest absolute Gasteiger partial charge is 0.407 e. The van der Waals surface area contributed by atoms with Gasteiger partial charge < -0.3 is 14.8 Å². The van der Waals surface area contributed by atoms with Crippen molar-refractivity contribution < 1.29 is 19.1 Å². The SMILES string of the molecule is CC.CCCCCCOC(=O)NCCOC(=O)C(C)CCC.